The fourth-order valence-electron chi connectivity index (χ4n) is 2.45. The van der Waals surface area contributed by atoms with Crippen LogP contribution in [0.5, 0.6) is 0 Å². The van der Waals surface area contributed by atoms with Gasteiger partial charge in [0.2, 0.25) is 11.8 Å². The molecule has 0 aromatic heterocycles. The fraction of sp³-hybridized carbons (Fsp3) is 0.467. The summed E-state index contributed by atoms with van der Waals surface area (Å²) in [5.41, 5.74) is 1.67. The molecule has 1 heterocycles. The van der Waals surface area contributed by atoms with Gasteiger partial charge in [0, 0.05) is 18.4 Å². The maximum Gasteiger partial charge on any atom is 0.250 e. The number of hydrogen-bond acceptors (Lipinski definition) is 3. The molecular weight excluding hydrogens is 256 g/mol. The molecule has 1 aromatic carbocycles. The normalized spacial score (nSPS) is 19.1. The van der Waals surface area contributed by atoms with Crippen LogP contribution in [-0.2, 0) is 20.9 Å². The number of benzene rings is 1. The van der Waals surface area contributed by atoms with Gasteiger partial charge in [0.25, 0.3) is 0 Å². The van der Waals surface area contributed by atoms with Crippen LogP contribution in [0, 0.1) is 0 Å². The molecule has 1 aromatic rings. The first-order valence-electron chi connectivity index (χ1n) is 6.85. The molecule has 1 unspecified atom stereocenters. The first kappa shape index (κ1) is 14.5. The molecular formula is C15H20N2O3. The van der Waals surface area contributed by atoms with Crippen molar-refractivity contribution in [1.82, 2.24) is 5.32 Å². The number of hydrogen-bond donors (Lipinski definition) is 1. The predicted molar refractivity (Wildman–Crippen MR) is 76.3 cm³/mol. The number of methoxy groups -OCH3 is 1. The van der Waals surface area contributed by atoms with Gasteiger partial charge in [-0.2, -0.15) is 0 Å². The fourth-order valence-corrected chi connectivity index (χ4v) is 2.45. The van der Waals surface area contributed by atoms with Gasteiger partial charge >= 0.3 is 0 Å². The number of carbonyl (C=O) groups is 2. The molecule has 1 fully saturated rings. The lowest BCUT2D eigenvalue weighted by Crippen LogP contribution is -2.58. The van der Waals surface area contributed by atoms with Gasteiger partial charge in [-0.1, -0.05) is 31.5 Å². The van der Waals surface area contributed by atoms with Crippen molar-refractivity contribution in [3.63, 3.8) is 0 Å². The molecule has 1 aliphatic rings. The number of nitrogens with zero attached hydrogens (tertiary/aromatic N) is 1. The molecule has 0 radical (unpaired) electrons. The van der Waals surface area contributed by atoms with E-state index in [4.69, 9.17) is 4.74 Å². The number of carbonyl (C=O) groups excluding carboxylic acids is 2. The van der Waals surface area contributed by atoms with Crippen molar-refractivity contribution in [2.75, 3.05) is 18.6 Å². The third-order valence-electron chi connectivity index (χ3n) is 3.36. The molecule has 1 atom stereocenters. The first-order chi connectivity index (χ1) is 9.67. The lowest BCUT2D eigenvalue weighted by molar-refractivity contribution is -0.131. The smallest absolute Gasteiger partial charge is 0.250 e. The summed E-state index contributed by atoms with van der Waals surface area (Å²) in [6, 6.07) is 7.11. The van der Waals surface area contributed by atoms with Gasteiger partial charge in [-0.3, -0.25) is 9.59 Å². The molecule has 1 aliphatic heterocycles. The zero-order valence-corrected chi connectivity index (χ0v) is 11.9. The van der Waals surface area contributed by atoms with E-state index in [1.54, 1.807) is 12.0 Å². The van der Waals surface area contributed by atoms with Gasteiger partial charge in [0.1, 0.15) is 12.6 Å². The average molecular weight is 276 g/mol. The Kier molecular flexibility index (Phi) is 4.74. The predicted octanol–water partition coefficient (Wildman–Crippen LogP) is 1.46. The van der Waals surface area contributed by atoms with Crippen LogP contribution in [0.2, 0.25) is 0 Å². The summed E-state index contributed by atoms with van der Waals surface area (Å²) in [7, 11) is 1.61. The molecule has 1 saturated heterocycles. The summed E-state index contributed by atoms with van der Waals surface area (Å²) in [4.78, 5) is 25.9. The quantitative estimate of drug-likeness (QED) is 0.886. The Balaban J connectivity index is 2.30. The number of para-hydroxylation sites is 1. The Morgan fingerprint density at radius 1 is 1.35 bits per heavy atom. The minimum atomic E-state index is -0.420. The van der Waals surface area contributed by atoms with Crippen molar-refractivity contribution in [2.45, 2.75) is 32.4 Å². The Morgan fingerprint density at radius 3 is 2.80 bits per heavy atom. The molecule has 5 heteroatoms. The van der Waals surface area contributed by atoms with Gasteiger partial charge in [-0.15, -0.1) is 0 Å². The molecule has 0 aliphatic carbocycles. The largest absolute Gasteiger partial charge is 0.380 e. The molecule has 0 saturated carbocycles. The van der Waals surface area contributed by atoms with Crippen LogP contribution in [0.15, 0.2) is 24.3 Å². The van der Waals surface area contributed by atoms with E-state index in [2.05, 4.69) is 5.32 Å². The molecule has 108 valence electrons. The van der Waals surface area contributed by atoms with Crippen molar-refractivity contribution < 1.29 is 14.3 Å². The third kappa shape index (κ3) is 2.99. The second-order valence-electron chi connectivity index (χ2n) is 4.89. The van der Waals surface area contributed by atoms with E-state index in [9.17, 15) is 9.59 Å². The maximum atomic E-state index is 12.5. The van der Waals surface area contributed by atoms with Crippen LogP contribution in [0.3, 0.4) is 0 Å². The van der Waals surface area contributed by atoms with Crippen LogP contribution in [0.25, 0.3) is 0 Å². The van der Waals surface area contributed by atoms with Crippen molar-refractivity contribution in [3.8, 4) is 0 Å². The summed E-state index contributed by atoms with van der Waals surface area (Å²) in [6.45, 7) is 2.48. The van der Waals surface area contributed by atoms with Crippen LogP contribution in [-0.4, -0.2) is 31.5 Å². The minimum Gasteiger partial charge on any atom is -0.380 e. The highest BCUT2D eigenvalue weighted by molar-refractivity contribution is 6.06. The van der Waals surface area contributed by atoms with E-state index in [0.29, 0.717) is 13.0 Å². The number of ether oxygens (including phenoxy) is 1. The van der Waals surface area contributed by atoms with Gasteiger partial charge in [0.15, 0.2) is 0 Å². The van der Waals surface area contributed by atoms with Crippen LogP contribution in [0.4, 0.5) is 5.69 Å². The lowest BCUT2D eigenvalue weighted by Gasteiger charge is -2.33. The van der Waals surface area contributed by atoms with Gasteiger partial charge < -0.3 is 15.0 Å². The third-order valence-corrected chi connectivity index (χ3v) is 3.36. The van der Waals surface area contributed by atoms with Crippen LogP contribution >= 0.6 is 0 Å². The van der Waals surface area contributed by atoms with E-state index < -0.39 is 6.04 Å². The summed E-state index contributed by atoms with van der Waals surface area (Å²) >= 11 is 0. The second kappa shape index (κ2) is 6.52. The molecule has 2 rings (SSSR count). The number of piperazine rings is 1. The number of nitrogens with one attached hydrogen (secondary N) is 1. The van der Waals surface area contributed by atoms with E-state index >= 15 is 0 Å². The second-order valence-corrected chi connectivity index (χ2v) is 4.89. The van der Waals surface area contributed by atoms with E-state index in [0.717, 1.165) is 17.7 Å². The zero-order chi connectivity index (χ0) is 14.5. The lowest BCUT2D eigenvalue weighted by atomic mass is 10.1. The van der Waals surface area contributed by atoms with E-state index in [-0.39, 0.29) is 18.4 Å². The summed E-state index contributed by atoms with van der Waals surface area (Å²) in [5, 5.41) is 2.76. The monoisotopic (exact) mass is 276 g/mol. The van der Waals surface area contributed by atoms with Crippen molar-refractivity contribution in [1.29, 1.82) is 0 Å². The highest BCUT2D eigenvalue weighted by Gasteiger charge is 2.33. The highest BCUT2D eigenvalue weighted by Crippen LogP contribution is 2.24. The van der Waals surface area contributed by atoms with Crippen LogP contribution < -0.4 is 10.2 Å². The number of anilines is 1. The van der Waals surface area contributed by atoms with Crippen molar-refractivity contribution >= 4 is 17.5 Å². The Hall–Kier alpha value is -1.88. The van der Waals surface area contributed by atoms with Crippen molar-refractivity contribution in [2.24, 2.45) is 0 Å². The Labute approximate surface area is 118 Å². The molecule has 0 spiro atoms. The Morgan fingerprint density at radius 2 is 2.10 bits per heavy atom. The highest BCUT2D eigenvalue weighted by atomic mass is 16.5. The molecule has 5 nitrogen and oxygen atoms in total. The summed E-state index contributed by atoms with van der Waals surface area (Å²) in [5.74, 6) is -0.162. The molecule has 1 N–H and O–H groups in total. The van der Waals surface area contributed by atoms with Gasteiger partial charge in [-0.05, 0) is 12.5 Å². The minimum absolute atomic E-state index is 0.0463. The molecule has 2 amide bonds. The maximum absolute atomic E-state index is 12.5. The zero-order valence-electron chi connectivity index (χ0n) is 11.9. The summed E-state index contributed by atoms with van der Waals surface area (Å²) < 4.78 is 5.16. The van der Waals surface area contributed by atoms with Gasteiger partial charge in [-0.25, -0.2) is 0 Å². The number of rotatable bonds is 5. The Bertz CT molecular complexity index is 502. The topological polar surface area (TPSA) is 58.6 Å². The average Bonchev–Trinajstić information content (AvgIpc) is 2.44. The van der Waals surface area contributed by atoms with E-state index in [1.807, 2.05) is 31.2 Å². The van der Waals surface area contributed by atoms with Gasteiger partial charge in [0.05, 0.1) is 6.61 Å². The van der Waals surface area contributed by atoms with Crippen LogP contribution in [0.1, 0.15) is 25.3 Å². The SMILES string of the molecule is CCCC1NC(=O)CN(c2ccccc2COC)C1=O. The molecule has 20 heavy (non-hydrogen) atoms. The standard InChI is InChI=1S/C15H20N2O3/c1-3-6-12-15(19)17(9-14(18)16-12)13-8-5-4-7-11(13)10-20-2/h4-5,7-8,12H,3,6,9-10H2,1-2H3,(H,16,18). The first-order valence-corrected chi connectivity index (χ1v) is 6.85. The molecule has 0 bridgehead atoms. The summed E-state index contributed by atoms with van der Waals surface area (Å²) in [6.07, 6.45) is 1.51. The van der Waals surface area contributed by atoms with Crippen molar-refractivity contribution in [3.05, 3.63) is 29.8 Å². The number of amides is 2. The van der Waals surface area contributed by atoms with E-state index in [1.165, 1.54) is 0 Å².